The number of hydrogen-bond acceptors (Lipinski definition) is 5. The number of aryl methyl sites for hydroxylation is 1. The number of nitrogens with zero attached hydrogens (tertiary/aromatic N) is 1. The molecule has 148 valence electrons. The molecule has 0 spiro atoms. The van der Waals surface area contributed by atoms with Gasteiger partial charge in [-0.1, -0.05) is 71.4 Å². The lowest BCUT2D eigenvalue weighted by Crippen LogP contribution is -2.16. The number of nitrogens with one attached hydrogen (secondary N) is 1. The molecule has 0 bridgehead atoms. The molecule has 29 heavy (non-hydrogen) atoms. The van der Waals surface area contributed by atoms with E-state index in [0.29, 0.717) is 22.5 Å². The summed E-state index contributed by atoms with van der Waals surface area (Å²) in [6.45, 7) is 3.13. The minimum absolute atomic E-state index is 0.149. The topological polar surface area (TPSA) is 84.8 Å². The Bertz CT molecular complexity index is 1140. The lowest BCUT2D eigenvalue weighted by atomic mass is 10.0. The van der Waals surface area contributed by atoms with Gasteiger partial charge in [0.15, 0.2) is 0 Å². The zero-order valence-corrected chi connectivity index (χ0v) is 16.8. The van der Waals surface area contributed by atoms with Crippen molar-refractivity contribution >= 4 is 27.4 Å². The van der Waals surface area contributed by atoms with E-state index in [2.05, 4.69) is 9.88 Å². The van der Waals surface area contributed by atoms with E-state index < -0.39 is 16.0 Å². The Labute approximate surface area is 169 Å². The highest BCUT2D eigenvalue weighted by molar-refractivity contribution is 7.92. The SMILES string of the molecule is CC(=O)O/N=C(\c1ccccc1)c1ccccc1NS(=O)(=O)c1ccc(C)cc1. The molecule has 3 rings (SSSR count). The Kier molecular flexibility index (Phi) is 6.09. The molecule has 0 saturated heterocycles. The van der Waals surface area contributed by atoms with Gasteiger partial charge in [-0.3, -0.25) is 4.72 Å². The number of sulfonamides is 1. The molecule has 7 heteroatoms. The van der Waals surface area contributed by atoms with Crippen LogP contribution >= 0.6 is 0 Å². The number of anilines is 1. The standard InChI is InChI=1S/C22H20N2O4S/c1-16-12-14-19(15-13-16)29(26,27)24-21-11-7-6-10-20(21)22(23-28-17(2)25)18-8-4-3-5-9-18/h3-15,24H,1-2H3/b23-22+. The molecule has 1 N–H and O–H groups in total. The molecule has 0 aliphatic carbocycles. The Balaban J connectivity index is 2.05. The minimum atomic E-state index is -3.81. The maximum atomic E-state index is 12.9. The first kappa shape index (κ1) is 20.3. The van der Waals surface area contributed by atoms with Crippen LogP contribution in [0.5, 0.6) is 0 Å². The van der Waals surface area contributed by atoms with E-state index in [0.717, 1.165) is 5.56 Å². The normalized spacial score (nSPS) is 11.7. The van der Waals surface area contributed by atoms with Crippen LogP contribution in [0.15, 0.2) is 88.9 Å². The molecule has 6 nitrogen and oxygen atoms in total. The maximum Gasteiger partial charge on any atom is 0.332 e. The summed E-state index contributed by atoms with van der Waals surface area (Å²) in [6.07, 6.45) is 0. The van der Waals surface area contributed by atoms with E-state index in [4.69, 9.17) is 4.84 Å². The molecular weight excluding hydrogens is 388 g/mol. The summed E-state index contributed by atoms with van der Waals surface area (Å²) in [4.78, 5) is 16.3. The summed E-state index contributed by atoms with van der Waals surface area (Å²) >= 11 is 0. The fourth-order valence-electron chi connectivity index (χ4n) is 2.66. The quantitative estimate of drug-likeness (QED) is 0.378. The fraction of sp³-hybridized carbons (Fsp3) is 0.0909. The van der Waals surface area contributed by atoms with Crippen LogP contribution in [0.2, 0.25) is 0 Å². The van der Waals surface area contributed by atoms with Gasteiger partial charge in [0, 0.05) is 18.1 Å². The van der Waals surface area contributed by atoms with E-state index >= 15 is 0 Å². The molecule has 0 aliphatic heterocycles. The zero-order chi connectivity index (χ0) is 20.9. The van der Waals surface area contributed by atoms with Crippen molar-refractivity contribution in [3.05, 3.63) is 95.6 Å². The lowest BCUT2D eigenvalue weighted by molar-refractivity contribution is -0.140. The van der Waals surface area contributed by atoms with Gasteiger partial charge in [-0.05, 0) is 25.1 Å². The second-order valence-corrected chi connectivity index (χ2v) is 8.04. The second kappa shape index (κ2) is 8.70. The maximum absolute atomic E-state index is 12.9. The van der Waals surface area contributed by atoms with Crippen molar-refractivity contribution < 1.29 is 18.0 Å². The van der Waals surface area contributed by atoms with Crippen LogP contribution in [0, 0.1) is 6.92 Å². The van der Waals surface area contributed by atoms with Crippen molar-refractivity contribution in [3.63, 3.8) is 0 Å². The monoisotopic (exact) mass is 408 g/mol. The molecule has 0 unspecified atom stereocenters. The summed E-state index contributed by atoms with van der Waals surface area (Å²) in [5.74, 6) is -0.573. The molecule has 0 aliphatic rings. The minimum Gasteiger partial charge on any atom is -0.318 e. The van der Waals surface area contributed by atoms with Gasteiger partial charge in [-0.2, -0.15) is 0 Å². The first-order valence-corrected chi connectivity index (χ1v) is 10.3. The molecular formula is C22H20N2O4S. The van der Waals surface area contributed by atoms with Crippen molar-refractivity contribution in [3.8, 4) is 0 Å². The molecule has 0 saturated carbocycles. The first-order valence-electron chi connectivity index (χ1n) is 8.87. The molecule has 3 aromatic rings. The predicted molar refractivity (Wildman–Crippen MR) is 112 cm³/mol. The summed E-state index contributed by atoms with van der Waals surface area (Å²) in [5, 5.41) is 3.97. The van der Waals surface area contributed by atoms with Crippen molar-refractivity contribution in [1.82, 2.24) is 0 Å². The first-order chi connectivity index (χ1) is 13.9. The van der Waals surface area contributed by atoms with Crippen molar-refractivity contribution in [1.29, 1.82) is 0 Å². The molecule has 0 atom stereocenters. The van der Waals surface area contributed by atoms with Crippen molar-refractivity contribution in [2.24, 2.45) is 5.16 Å². The van der Waals surface area contributed by atoms with Crippen molar-refractivity contribution in [2.75, 3.05) is 4.72 Å². The third kappa shape index (κ3) is 5.08. The third-order valence-electron chi connectivity index (χ3n) is 4.07. The van der Waals surface area contributed by atoms with Crippen LogP contribution in [0.1, 0.15) is 23.6 Å². The largest absolute Gasteiger partial charge is 0.332 e. The van der Waals surface area contributed by atoms with Crippen LogP contribution in [0.3, 0.4) is 0 Å². The molecule has 0 amide bonds. The van der Waals surface area contributed by atoms with Crippen LogP contribution in [-0.2, 0) is 19.7 Å². The van der Waals surface area contributed by atoms with Crippen LogP contribution < -0.4 is 4.72 Å². The zero-order valence-electron chi connectivity index (χ0n) is 16.0. The van der Waals surface area contributed by atoms with E-state index in [-0.39, 0.29) is 4.90 Å². The Morgan fingerprint density at radius 3 is 2.17 bits per heavy atom. The van der Waals surface area contributed by atoms with E-state index in [1.165, 1.54) is 6.92 Å². The molecule has 3 aromatic carbocycles. The number of carbonyl (C=O) groups is 1. The van der Waals surface area contributed by atoms with Gasteiger partial charge in [0.2, 0.25) is 0 Å². The molecule has 0 fully saturated rings. The average Bonchev–Trinajstić information content (AvgIpc) is 2.70. The highest BCUT2D eigenvalue weighted by Gasteiger charge is 2.19. The number of oxime groups is 1. The summed E-state index contributed by atoms with van der Waals surface area (Å²) in [6, 6.07) is 22.5. The molecule has 0 aromatic heterocycles. The van der Waals surface area contributed by atoms with Gasteiger partial charge in [0.05, 0.1) is 10.6 Å². The van der Waals surface area contributed by atoms with Gasteiger partial charge >= 0.3 is 5.97 Å². The predicted octanol–water partition coefficient (Wildman–Crippen LogP) is 4.11. The van der Waals surface area contributed by atoms with Crippen LogP contribution in [0.25, 0.3) is 0 Å². The van der Waals surface area contributed by atoms with Crippen molar-refractivity contribution in [2.45, 2.75) is 18.7 Å². The number of benzene rings is 3. The second-order valence-electron chi connectivity index (χ2n) is 6.35. The number of para-hydroxylation sites is 1. The summed E-state index contributed by atoms with van der Waals surface area (Å²) in [5.41, 5.74) is 2.78. The van der Waals surface area contributed by atoms with Gasteiger partial charge in [-0.15, -0.1) is 0 Å². The Morgan fingerprint density at radius 1 is 0.897 bits per heavy atom. The molecule has 0 heterocycles. The fourth-order valence-corrected chi connectivity index (χ4v) is 3.74. The highest BCUT2D eigenvalue weighted by Crippen LogP contribution is 2.24. The smallest absolute Gasteiger partial charge is 0.318 e. The van der Waals surface area contributed by atoms with E-state index in [9.17, 15) is 13.2 Å². The Hall–Kier alpha value is -3.45. The third-order valence-corrected chi connectivity index (χ3v) is 5.45. The van der Waals surface area contributed by atoms with Gasteiger partial charge < -0.3 is 4.84 Å². The van der Waals surface area contributed by atoms with E-state index in [1.54, 1.807) is 60.7 Å². The summed E-state index contributed by atoms with van der Waals surface area (Å²) < 4.78 is 28.3. The van der Waals surface area contributed by atoms with Crippen LogP contribution in [-0.4, -0.2) is 20.1 Å². The summed E-state index contributed by atoms with van der Waals surface area (Å²) in [7, 11) is -3.81. The molecule has 0 radical (unpaired) electrons. The van der Waals surface area contributed by atoms with Gasteiger partial charge in [0.25, 0.3) is 10.0 Å². The van der Waals surface area contributed by atoms with Crippen LogP contribution in [0.4, 0.5) is 5.69 Å². The lowest BCUT2D eigenvalue weighted by Gasteiger charge is -2.14. The van der Waals surface area contributed by atoms with Gasteiger partial charge in [-0.25, -0.2) is 13.2 Å². The average molecular weight is 408 g/mol. The number of hydrogen-bond donors (Lipinski definition) is 1. The van der Waals surface area contributed by atoms with Gasteiger partial charge in [0.1, 0.15) is 5.71 Å². The number of rotatable bonds is 6. The highest BCUT2D eigenvalue weighted by atomic mass is 32.2. The van der Waals surface area contributed by atoms with E-state index in [1.807, 2.05) is 25.1 Å². The Morgan fingerprint density at radius 2 is 1.52 bits per heavy atom. The number of carbonyl (C=O) groups excluding carboxylic acids is 1.